The van der Waals surface area contributed by atoms with Crippen molar-refractivity contribution in [1.82, 2.24) is 4.98 Å². The first-order valence-electron chi connectivity index (χ1n) is 5.95. The third-order valence-electron chi connectivity index (χ3n) is 2.64. The van der Waals surface area contributed by atoms with Crippen LogP contribution in [0.5, 0.6) is 0 Å². The van der Waals surface area contributed by atoms with Gasteiger partial charge in [0.15, 0.2) is 5.58 Å². The standard InChI is InChI=1S/C13H18N2O2/c1-3-4-9(2)16-8-13-15-11-6-5-10(14)7-12(11)17-13/h5-7,9H,3-4,8,14H2,1-2H3. The largest absolute Gasteiger partial charge is 0.438 e. The predicted octanol–water partition coefficient (Wildman–Crippen LogP) is 3.12. The molecule has 1 aromatic heterocycles. The lowest BCUT2D eigenvalue weighted by molar-refractivity contribution is 0.0354. The molecular weight excluding hydrogens is 216 g/mol. The molecule has 4 nitrogen and oxygen atoms in total. The Balaban J connectivity index is 2.04. The smallest absolute Gasteiger partial charge is 0.221 e. The van der Waals surface area contributed by atoms with Gasteiger partial charge in [-0.1, -0.05) is 13.3 Å². The molecule has 0 aliphatic carbocycles. The Morgan fingerprint density at radius 3 is 3.06 bits per heavy atom. The SMILES string of the molecule is CCCC(C)OCc1nc2ccc(N)cc2o1. The fourth-order valence-corrected chi connectivity index (χ4v) is 1.75. The molecule has 2 N–H and O–H groups in total. The third kappa shape index (κ3) is 2.97. The minimum Gasteiger partial charge on any atom is -0.438 e. The van der Waals surface area contributed by atoms with Gasteiger partial charge in [0.25, 0.3) is 0 Å². The Morgan fingerprint density at radius 2 is 2.29 bits per heavy atom. The number of nitrogens with zero attached hydrogens (tertiary/aromatic N) is 1. The van der Waals surface area contributed by atoms with Crippen LogP contribution in [0.25, 0.3) is 11.1 Å². The van der Waals surface area contributed by atoms with Crippen LogP contribution in [0.3, 0.4) is 0 Å². The summed E-state index contributed by atoms with van der Waals surface area (Å²) in [5.41, 5.74) is 7.89. The number of hydrogen-bond acceptors (Lipinski definition) is 4. The van der Waals surface area contributed by atoms with Gasteiger partial charge in [0.1, 0.15) is 12.1 Å². The number of benzene rings is 1. The lowest BCUT2D eigenvalue weighted by Crippen LogP contribution is -2.07. The molecule has 17 heavy (non-hydrogen) atoms. The third-order valence-corrected chi connectivity index (χ3v) is 2.64. The summed E-state index contributed by atoms with van der Waals surface area (Å²) in [7, 11) is 0. The van der Waals surface area contributed by atoms with Crippen molar-refractivity contribution in [2.45, 2.75) is 39.4 Å². The molecule has 1 aromatic carbocycles. The number of fused-ring (bicyclic) bond motifs is 1. The van der Waals surface area contributed by atoms with E-state index in [1.165, 1.54) is 0 Å². The summed E-state index contributed by atoms with van der Waals surface area (Å²) in [6, 6.07) is 5.45. The summed E-state index contributed by atoms with van der Waals surface area (Å²) in [4.78, 5) is 4.34. The van der Waals surface area contributed by atoms with E-state index in [4.69, 9.17) is 14.9 Å². The zero-order valence-electron chi connectivity index (χ0n) is 10.3. The average Bonchev–Trinajstić information content (AvgIpc) is 2.68. The molecule has 2 aromatic rings. The van der Waals surface area contributed by atoms with E-state index < -0.39 is 0 Å². The van der Waals surface area contributed by atoms with Crippen molar-refractivity contribution in [2.75, 3.05) is 5.73 Å². The highest BCUT2D eigenvalue weighted by molar-refractivity contribution is 5.76. The summed E-state index contributed by atoms with van der Waals surface area (Å²) in [6.07, 6.45) is 2.40. The van der Waals surface area contributed by atoms with Crippen molar-refractivity contribution in [2.24, 2.45) is 0 Å². The summed E-state index contributed by atoms with van der Waals surface area (Å²) >= 11 is 0. The molecule has 0 aliphatic heterocycles. The first-order chi connectivity index (χ1) is 8.19. The molecule has 0 saturated carbocycles. The zero-order valence-corrected chi connectivity index (χ0v) is 10.3. The molecule has 2 rings (SSSR count). The fraction of sp³-hybridized carbons (Fsp3) is 0.462. The van der Waals surface area contributed by atoms with Gasteiger partial charge in [-0.05, 0) is 25.5 Å². The van der Waals surface area contributed by atoms with E-state index in [0.29, 0.717) is 23.8 Å². The Bertz CT molecular complexity index is 493. The van der Waals surface area contributed by atoms with Crippen molar-refractivity contribution in [3.8, 4) is 0 Å². The van der Waals surface area contributed by atoms with E-state index in [9.17, 15) is 0 Å². The molecule has 0 fully saturated rings. The van der Waals surface area contributed by atoms with Crippen LogP contribution < -0.4 is 5.73 Å². The molecule has 0 spiro atoms. The highest BCUT2D eigenvalue weighted by Crippen LogP contribution is 2.19. The maximum absolute atomic E-state index is 5.68. The van der Waals surface area contributed by atoms with Crippen molar-refractivity contribution >= 4 is 16.8 Å². The zero-order chi connectivity index (χ0) is 12.3. The second kappa shape index (κ2) is 5.19. The van der Waals surface area contributed by atoms with Gasteiger partial charge < -0.3 is 14.9 Å². The number of anilines is 1. The Labute approximate surface area is 101 Å². The van der Waals surface area contributed by atoms with Gasteiger partial charge in [-0.15, -0.1) is 0 Å². The van der Waals surface area contributed by atoms with Crippen LogP contribution in [0, 0.1) is 0 Å². The number of hydrogen-bond donors (Lipinski definition) is 1. The van der Waals surface area contributed by atoms with Crippen LogP contribution >= 0.6 is 0 Å². The molecule has 1 heterocycles. The monoisotopic (exact) mass is 234 g/mol. The molecule has 1 unspecified atom stereocenters. The number of rotatable bonds is 5. The van der Waals surface area contributed by atoms with Crippen LogP contribution in [0.2, 0.25) is 0 Å². The topological polar surface area (TPSA) is 61.3 Å². The maximum atomic E-state index is 5.68. The fourth-order valence-electron chi connectivity index (χ4n) is 1.75. The van der Waals surface area contributed by atoms with Crippen LogP contribution in [-0.2, 0) is 11.3 Å². The maximum Gasteiger partial charge on any atom is 0.221 e. The van der Waals surface area contributed by atoms with Crippen LogP contribution in [0.4, 0.5) is 5.69 Å². The highest BCUT2D eigenvalue weighted by atomic mass is 16.5. The Morgan fingerprint density at radius 1 is 1.47 bits per heavy atom. The van der Waals surface area contributed by atoms with E-state index in [1.54, 1.807) is 6.07 Å². The summed E-state index contributed by atoms with van der Waals surface area (Å²) in [5, 5.41) is 0. The molecule has 0 saturated heterocycles. The van der Waals surface area contributed by atoms with Crippen LogP contribution in [-0.4, -0.2) is 11.1 Å². The van der Waals surface area contributed by atoms with Gasteiger partial charge in [0, 0.05) is 11.8 Å². The van der Waals surface area contributed by atoms with Gasteiger partial charge >= 0.3 is 0 Å². The average molecular weight is 234 g/mol. The predicted molar refractivity (Wildman–Crippen MR) is 67.6 cm³/mol. The number of aromatic nitrogens is 1. The lowest BCUT2D eigenvalue weighted by Gasteiger charge is -2.09. The quantitative estimate of drug-likeness (QED) is 0.807. The van der Waals surface area contributed by atoms with Crippen LogP contribution in [0.1, 0.15) is 32.6 Å². The molecular formula is C13H18N2O2. The van der Waals surface area contributed by atoms with Gasteiger partial charge in [-0.25, -0.2) is 4.98 Å². The van der Waals surface area contributed by atoms with E-state index in [-0.39, 0.29) is 6.10 Å². The lowest BCUT2D eigenvalue weighted by atomic mass is 10.2. The number of oxazole rings is 1. The molecule has 0 amide bonds. The van der Waals surface area contributed by atoms with E-state index >= 15 is 0 Å². The van der Waals surface area contributed by atoms with Crippen LogP contribution in [0.15, 0.2) is 22.6 Å². The van der Waals surface area contributed by atoms with Gasteiger partial charge in [-0.3, -0.25) is 0 Å². The van der Waals surface area contributed by atoms with Crippen molar-refractivity contribution < 1.29 is 9.15 Å². The summed E-state index contributed by atoms with van der Waals surface area (Å²) in [5.74, 6) is 0.605. The number of ether oxygens (including phenoxy) is 1. The normalized spacial score (nSPS) is 13.1. The minimum atomic E-state index is 0.236. The number of nitrogens with two attached hydrogens (primary N) is 1. The van der Waals surface area contributed by atoms with Crippen molar-refractivity contribution in [1.29, 1.82) is 0 Å². The highest BCUT2D eigenvalue weighted by Gasteiger charge is 2.08. The Hall–Kier alpha value is -1.55. The summed E-state index contributed by atoms with van der Waals surface area (Å²) < 4.78 is 11.2. The van der Waals surface area contributed by atoms with Gasteiger partial charge in [0.2, 0.25) is 5.89 Å². The first-order valence-corrected chi connectivity index (χ1v) is 5.95. The van der Waals surface area contributed by atoms with Gasteiger partial charge in [-0.2, -0.15) is 0 Å². The second-order valence-corrected chi connectivity index (χ2v) is 4.25. The molecule has 1 atom stereocenters. The summed E-state index contributed by atoms with van der Waals surface area (Å²) in [6.45, 7) is 4.61. The second-order valence-electron chi connectivity index (χ2n) is 4.25. The molecule has 0 aliphatic rings. The van der Waals surface area contributed by atoms with E-state index in [2.05, 4.69) is 18.8 Å². The van der Waals surface area contributed by atoms with Crippen molar-refractivity contribution in [3.63, 3.8) is 0 Å². The molecule has 92 valence electrons. The first kappa shape index (κ1) is 11.9. The molecule has 4 heteroatoms. The minimum absolute atomic E-state index is 0.236. The van der Waals surface area contributed by atoms with Crippen molar-refractivity contribution in [3.05, 3.63) is 24.1 Å². The van der Waals surface area contributed by atoms with Gasteiger partial charge in [0.05, 0.1) is 6.10 Å². The number of nitrogen functional groups attached to an aromatic ring is 1. The molecule has 0 bridgehead atoms. The van der Waals surface area contributed by atoms with E-state index in [0.717, 1.165) is 18.4 Å². The Kier molecular flexibility index (Phi) is 3.64. The van der Waals surface area contributed by atoms with E-state index in [1.807, 2.05) is 12.1 Å². The molecule has 0 radical (unpaired) electrons.